The summed E-state index contributed by atoms with van der Waals surface area (Å²) in [4.78, 5) is 19.7. The first-order valence-electron chi connectivity index (χ1n) is 8.40. The van der Waals surface area contributed by atoms with Crippen molar-refractivity contribution in [1.29, 1.82) is 0 Å². The Morgan fingerprint density at radius 1 is 1.12 bits per heavy atom. The predicted octanol–water partition coefficient (Wildman–Crippen LogP) is 0.696. The van der Waals surface area contributed by atoms with Gasteiger partial charge in [0.05, 0.1) is 26.2 Å². The Morgan fingerprint density at radius 2 is 1.79 bits per heavy atom. The van der Waals surface area contributed by atoms with E-state index in [1.807, 2.05) is 48.5 Å². The first-order valence-corrected chi connectivity index (χ1v) is 8.40. The number of hydrogen-bond donors (Lipinski definition) is 1. The molecule has 0 atom stereocenters. The highest BCUT2D eigenvalue weighted by molar-refractivity contribution is 5.77. The van der Waals surface area contributed by atoms with Crippen molar-refractivity contribution in [3.8, 4) is 5.75 Å². The maximum Gasteiger partial charge on any atom is 0.260 e. The van der Waals surface area contributed by atoms with E-state index in [2.05, 4.69) is 17.1 Å². The number of quaternary nitrogens is 1. The first-order chi connectivity index (χ1) is 11.7. The third kappa shape index (κ3) is 4.55. The fourth-order valence-corrected chi connectivity index (χ4v) is 2.91. The normalized spacial score (nSPS) is 15.3. The molecule has 1 aliphatic rings. The van der Waals surface area contributed by atoms with Gasteiger partial charge in [-0.1, -0.05) is 17.7 Å². The van der Waals surface area contributed by atoms with Gasteiger partial charge >= 0.3 is 0 Å². The molecule has 2 aromatic rings. The summed E-state index contributed by atoms with van der Waals surface area (Å²) in [5.41, 5.74) is 2.48. The van der Waals surface area contributed by atoms with Crippen LogP contribution in [0.3, 0.4) is 0 Å². The van der Waals surface area contributed by atoms with Gasteiger partial charge in [-0.3, -0.25) is 9.78 Å². The molecular weight excluding hydrogens is 302 g/mol. The van der Waals surface area contributed by atoms with Crippen LogP contribution in [0.5, 0.6) is 5.75 Å². The molecule has 126 valence electrons. The SMILES string of the molecule is Cc1ccc(OCC(=O)N2CC[NH+](Cc3ccncc3)CC2)cc1. The smallest absolute Gasteiger partial charge is 0.260 e. The van der Waals surface area contributed by atoms with Gasteiger partial charge in [0.2, 0.25) is 0 Å². The summed E-state index contributed by atoms with van der Waals surface area (Å²) >= 11 is 0. The number of aromatic nitrogens is 1. The average molecular weight is 326 g/mol. The molecule has 5 nitrogen and oxygen atoms in total. The van der Waals surface area contributed by atoms with Crippen LogP contribution in [0.4, 0.5) is 0 Å². The minimum atomic E-state index is 0.0681. The molecule has 2 heterocycles. The third-order valence-electron chi connectivity index (χ3n) is 4.41. The number of nitrogens with zero attached hydrogens (tertiary/aromatic N) is 2. The van der Waals surface area contributed by atoms with Gasteiger partial charge in [-0.05, 0) is 31.2 Å². The molecule has 1 fully saturated rings. The summed E-state index contributed by atoms with van der Waals surface area (Å²) in [6.07, 6.45) is 3.66. The quantitative estimate of drug-likeness (QED) is 0.880. The molecular formula is C19H24N3O2+. The van der Waals surface area contributed by atoms with Gasteiger partial charge < -0.3 is 14.5 Å². The Labute approximate surface area is 142 Å². The van der Waals surface area contributed by atoms with E-state index in [4.69, 9.17) is 4.74 Å². The Morgan fingerprint density at radius 3 is 2.46 bits per heavy atom. The molecule has 0 saturated carbocycles. The van der Waals surface area contributed by atoms with Crippen LogP contribution in [-0.4, -0.2) is 48.6 Å². The van der Waals surface area contributed by atoms with Crippen LogP contribution in [0.25, 0.3) is 0 Å². The van der Waals surface area contributed by atoms with Gasteiger partial charge in [-0.15, -0.1) is 0 Å². The highest BCUT2D eigenvalue weighted by Gasteiger charge is 2.23. The lowest BCUT2D eigenvalue weighted by Gasteiger charge is -2.32. The van der Waals surface area contributed by atoms with Crippen molar-refractivity contribution in [2.75, 3.05) is 32.8 Å². The zero-order valence-electron chi connectivity index (χ0n) is 14.1. The molecule has 24 heavy (non-hydrogen) atoms. The van der Waals surface area contributed by atoms with Crippen molar-refractivity contribution in [3.63, 3.8) is 0 Å². The summed E-state index contributed by atoms with van der Waals surface area (Å²) in [5.74, 6) is 0.814. The van der Waals surface area contributed by atoms with Crippen molar-refractivity contribution in [2.24, 2.45) is 0 Å². The third-order valence-corrected chi connectivity index (χ3v) is 4.41. The zero-order valence-corrected chi connectivity index (χ0v) is 14.1. The number of benzene rings is 1. The second kappa shape index (κ2) is 7.93. The fraction of sp³-hybridized carbons (Fsp3) is 0.368. The van der Waals surface area contributed by atoms with E-state index in [0.717, 1.165) is 38.5 Å². The number of carbonyl (C=O) groups is 1. The molecule has 0 bridgehead atoms. The second-order valence-corrected chi connectivity index (χ2v) is 6.26. The molecule has 1 aromatic carbocycles. The second-order valence-electron chi connectivity index (χ2n) is 6.26. The van der Waals surface area contributed by atoms with Crippen molar-refractivity contribution < 1.29 is 14.4 Å². The Balaban J connectivity index is 1.42. The molecule has 1 saturated heterocycles. The number of rotatable bonds is 5. The van der Waals surface area contributed by atoms with Crippen molar-refractivity contribution in [3.05, 3.63) is 59.9 Å². The van der Waals surface area contributed by atoms with Crippen molar-refractivity contribution >= 4 is 5.91 Å². The van der Waals surface area contributed by atoms with Gasteiger partial charge in [-0.2, -0.15) is 0 Å². The Kier molecular flexibility index (Phi) is 5.43. The number of ether oxygens (including phenoxy) is 1. The summed E-state index contributed by atoms with van der Waals surface area (Å²) < 4.78 is 5.59. The number of piperazine rings is 1. The van der Waals surface area contributed by atoms with E-state index in [1.165, 1.54) is 16.0 Å². The summed E-state index contributed by atoms with van der Waals surface area (Å²) in [6, 6.07) is 11.9. The average Bonchev–Trinajstić information content (AvgIpc) is 2.62. The highest BCUT2D eigenvalue weighted by Crippen LogP contribution is 2.11. The molecule has 3 rings (SSSR count). The standard InChI is InChI=1S/C19H23N3O2/c1-16-2-4-18(5-3-16)24-15-19(23)22-12-10-21(11-13-22)14-17-6-8-20-9-7-17/h2-9H,10-15H2,1H3/p+1. The highest BCUT2D eigenvalue weighted by atomic mass is 16.5. The van der Waals surface area contributed by atoms with Crippen LogP contribution in [0.2, 0.25) is 0 Å². The largest absolute Gasteiger partial charge is 0.484 e. The minimum Gasteiger partial charge on any atom is -0.484 e. The van der Waals surface area contributed by atoms with Crippen LogP contribution < -0.4 is 9.64 Å². The number of pyridine rings is 1. The van der Waals surface area contributed by atoms with Gasteiger partial charge in [0.25, 0.3) is 5.91 Å². The van der Waals surface area contributed by atoms with Gasteiger partial charge in [-0.25, -0.2) is 0 Å². The topological polar surface area (TPSA) is 46.9 Å². The van der Waals surface area contributed by atoms with Crippen LogP contribution in [-0.2, 0) is 11.3 Å². The van der Waals surface area contributed by atoms with Crippen molar-refractivity contribution in [1.82, 2.24) is 9.88 Å². The molecule has 0 unspecified atom stereocenters. The van der Waals surface area contributed by atoms with E-state index >= 15 is 0 Å². The Hall–Kier alpha value is -2.40. The Bertz CT molecular complexity index is 650. The van der Waals surface area contributed by atoms with E-state index in [0.29, 0.717) is 0 Å². The molecule has 0 spiro atoms. The number of amides is 1. The van der Waals surface area contributed by atoms with Crippen LogP contribution in [0.1, 0.15) is 11.1 Å². The fourth-order valence-electron chi connectivity index (χ4n) is 2.91. The molecule has 5 heteroatoms. The van der Waals surface area contributed by atoms with Crippen LogP contribution >= 0.6 is 0 Å². The number of aryl methyl sites for hydroxylation is 1. The molecule has 0 radical (unpaired) electrons. The molecule has 1 aliphatic heterocycles. The summed E-state index contributed by atoms with van der Waals surface area (Å²) in [6.45, 7) is 6.65. The lowest BCUT2D eigenvalue weighted by Crippen LogP contribution is -3.13. The molecule has 1 aromatic heterocycles. The van der Waals surface area contributed by atoms with Gasteiger partial charge in [0, 0.05) is 18.0 Å². The molecule has 1 N–H and O–H groups in total. The zero-order chi connectivity index (χ0) is 16.8. The van der Waals surface area contributed by atoms with Crippen LogP contribution in [0.15, 0.2) is 48.8 Å². The van der Waals surface area contributed by atoms with E-state index in [9.17, 15) is 4.79 Å². The number of nitrogens with one attached hydrogen (secondary N) is 1. The monoisotopic (exact) mass is 326 g/mol. The van der Waals surface area contributed by atoms with Crippen molar-refractivity contribution in [2.45, 2.75) is 13.5 Å². The van der Waals surface area contributed by atoms with Crippen LogP contribution in [0, 0.1) is 6.92 Å². The van der Waals surface area contributed by atoms with Gasteiger partial charge in [0.1, 0.15) is 12.3 Å². The molecule has 0 aliphatic carbocycles. The molecule has 1 amide bonds. The summed E-state index contributed by atoms with van der Waals surface area (Å²) in [5, 5.41) is 0. The predicted molar refractivity (Wildman–Crippen MR) is 91.9 cm³/mol. The maximum atomic E-state index is 12.3. The maximum absolute atomic E-state index is 12.3. The van der Waals surface area contributed by atoms with E-state index in [-0.39, 0.29) is 12.5 Å². The number of carbonyl (C=O) groups excluding carboxylic acids is 1. The minimum absolute atomic E-state index is 0.0681. The lowest BCUT2D eigenvalue weighted by molar-refractivity contribution is -0.917. The van der Waals surface area contributed by atoms with Gasteiger partial charge in [0.15, 0.2) is 6.61 Å². The summed E-state index contributed by atoms with van der Waals surface area (Å²) in [7, 11) is 0. The van der Waals surface area contributed by atoms with E-state index < -0.39 is 0 Å². The van der Waals surface area contributed by atoms with E-state index in [1.54, 1.807) is 0 Å². The lowest BCUT2D eigenvalue weighted by atomic mass is 10.2. The number of hydrogen-bond acceptors (Lipinski definition) is 3. The first kappa shape index (κ1) is 16.5.